The first kappa shape index (κ1) is 9.55. The number of carbonyl (C=O) groups excluding carboxylic acids is 1. The smallest absolute Gasteiger partial charge is 0.245 e. The highest BCUT2D eigenvalue weighted by Gasteiger charge is 2.61. The van der Waals surface area contributed by atoms with Crippen molar-refractivity contribution in [3.05, 3.63) is 0 Å². The van der Waals surface area contributed by atoms with Crippen molar-refractivity contribution in [1.29, 1.82) is 0 Å². The lowest BCUT2D eigenvalue weighted by Crippen LogP contribution is -2.63. The fraction of sp³-hybridized carbons (Fsp3) is 0.833. The molecule has 3 atom stereocenters. The molecular weight excluding hydrogens is 237 g/mol. The van der Waals surface area contributed by atoms with E-state index in [9.17, 15) is 13.2 Å². The van der Waals surface area contributed by atoms with E-state index >= 15 is 0 Å². The molecule has 0 aromatic heterocycles. The molecule has 2 heterocycles. The van der Waals surface area contributed by atoms with Crippen molar-refractivity contribution >= 4 is 38.9 Å². The van der Waals surface area contributed by atoms with Gasteiger partial charge in [0, 0.05) is 5.88 Å². The monoisotopic (exact) mass is 243 g/mol. The maximum absolute atomic E-state index is 11.4. The number of rotatable bonds is 1. The number of carbonyl (C=O) groups is 1. The second-order valence-electron chi connectivity index (χ2n) is 3.18. The van der Waals surface area contributed by atoms with Crippen molar-refractivity contribution < 1.29 is 13.2 Å². The molecule has 7 heteroatoms. The molecule has 2 saturated heterocycles. The van der Waals surface area contributed by atoms with Gasteiger partial charge < -0.3 is 4.90 Å². The quantitative estimate of drug-likeness (QED) is 0.474. The van der Waals surface area contributed by atoms with Gasteiger partial charge in [0.2, 0.25) is 5.91 Å². The highest BCUT2D eigenvalue weighted by molar-refractivity contribution is 7.92. The zero-order chi connectivity index (χ0) is 9.80. The van der Waals surface area contributed by atoms with Crippen molar-refractivity contribution in [2.45, 2.75) is 16.8 Å². The molecule has 1 unspecified atom stereocenters. The molecular formula is C6H7Cl2NO3S. The molecule has 0 spiro atoms. The molecule has 0 radical (unpaired) electrons. The molecule has 2 fully saturated rings. The van der Waals surface area contributed by atoms with Crippen LogP contribution in [0.2, 0.25) is 0 Å². The maximum Gasteiger partial charge on any atom is 0.245 e. The summed E-state index contributed by atoms with van der Waals surface area (Å²) in [6.45, 7) is 0. The van der Waals surface area contributed by atoms with Crippen molar-refractivity contribution in [1.82, 2.24) is 4.90 Å². The summed E-state index contributed by atoms with van der Waals surface area (Å²) in [6.07, 6.45) is 0. The summed E-state index contributed by atoms with van der Waals surface area (Å²) in [5.74, 6) is -0.236. The first-order chi connectivity index (χ1) is 5.99. The van der Waals surface area contributed by atoms with Gasteiger partial charge in [0.05, 0.1) is 11.8 Å². The molecule has 13 heavy (non-hydrogen) atoms. The summed E-state index contributed by atoms with van der Waals surface area (Å²) in [6, 6.07) is -0.390. The van der Waals surface area contributed by atoms with Gasteiger partial charge in [0.1, 0.15) is 5.38 Å². The third-order valence-electron chi connectivity index (χ3n) is 2.38. The number of halogens is 2. The zero-order valence-corrected chi connectivity index (χ0v) is 8.81. The van der Waals surface area contributed by atoms with Crippen LogP contribution in [0.3, 0.4) is 0 Å². The Balaban J connectivity index is 2.35. The molecule has 2 rings (SSSR count). The van der Waals surface area contributed by atoms with Gasteiger partial charge in [-0.3, -0.25) is 4.79 Å². The normalized spacial score (nSPS) is 41.5. The predicted octanol–water partition coefficient (Wildman–Crippen LogP) is -0.202. The molecule has 4 nitrogen and oxygen atoms in total. The van der Waals surface area contributed by atoms with Crippen LogP contribution in [0.25, 0.3) is 0 Å². The van der Waals surface area contributed by atoms with Crippen LogP contribution in [0.4, 0.5) is 0 Å². The molecule has 74 valence electrons. The third-order valence-corrected chi connectivity index (χ3v) is 5.39. The first-order valence-corrected chi connectivity index (χ1v) is 6.41. The van der Waals surface area contributed by atoms with Crippen LogP contribution < -0.4 is 0 Å². The van der Waals surface area contributed by atoms with E-state index in [1.807, 2.05) is 0 Å². The van der Waals surface area contributed by atoms with Gasteiger partial charge >= 0.3 is 0 Å². The van der Waals surface area contributed by atoms with Gasteiger partial charge in [-0.15, -0.1) is 23.2 Å². The van der Waals surface area contributed by atoms with Gasteiger partial charge in [-0.1, -0.05) is 0 Å². The number of fused-ring (bicyclic) bond motifs is 1. The fourth-order valence-corrected chi connectivity index (χ4v) is 4.96. The van der Waals surface area contributed by atoms with Crippen LogP contribution in [0.1, 0.15) is 0 Å². The number of hydrogen-bond donors (Lipinski definition) is 0. The first-order valence-electron chi connectivity index (χ1n) is 3.73. The van der Waals surface area contributed by atoms with Crippen molar-refractivity contribution in [2.24, 2.45) is 0 Å². The van der Waals surface area contributed by atoms with Crippen LogP contribution in [0.15, 0.2) is 0 Å². The highest BCUT2D eigenvalue weighted by Crippen LogP contribution is 2.38. The van der Waals surface area contributed by atoms with Gasteiger partial charge in [-0.05, 0) is 0 Å². The van der Waals surface area contributed by atoms with Crippen molar-refractivity contribution in [3.63, 3.8) is 0 Å². The number of β-lactam (4-membered cyclic amide) rings is 1. The number of hydrogen-bond acceptors (Lipinski definition) is 3. The molecule has 0 N–H and O–H groups in total. The second kappa shape index (κ2) is 2.74. The summed E-state index contributed by atoms with van der Waals surface area (Å²) < 4.78 is 22.8. The van der Waals surface area contributed by atoms with Crippen molar-refractivity contribution in [2.75, 3.05) is 11.6 Å². The number of amides is 1. The minimum absolute atomic E-state index is 0.0594. The summed E-state index contributed by atoms with van der Waals surface area (Å²) >= 11 is 11.1. The maximum atomic E-state index is 11.4. The van der Waals surface area contributed by atoms with Gasteiger partial charge in [-0.2, -0.15) is 0 Å². The summed E-state index contributed by atoms with van der Waals surface area (Å²) in [4.78, 5) is 12.4. The Morgan fingerprint density at radius 1 is 1.54 bits per heavy atom. The molecule has 0 aromatic rings. The van der Waals surface area contributed by atoms with E-state index in [1.54, 1.807) is 0 Å². The Labute approximate surface area is 85.7 Å². The molecule has 0 bridgehead atoms. The molecule has 0 saturated carbocycles. The van der Waals surface area contributed by atoms with E-state index in [4.69, 9.17) is 23.2 Å². The highest BCUT2D eigenvalue weighted by atomic mass is 35.5. The van der Waals surface area contributed by atoms with E-state index < -0.39 is 20.6 Å². The third kappa shape index (κ3) is 1.10. The summed E-state index contributed by atoms with van der Waals surface area (Å²) in [7, 11) is -3.24. The Bertz CT molecular complexity index is 355. The fourth-order valence-electron chi connectivity index (χ4n) is 1.76. The van der Waals surface area contributed by atoms with Gasteiger partial charge in [0.15, 0.2) is 15.2 Å². The molecule has 0 aliphatic carbocycles. The second-order valence-corrected chi connectivity index (χ2v) is 6.10. The van der Waals surface area contributed by atoms with E-state index in [-0.39, 0.29) is 23.6 Å². The average Bonchev–Trinajstić information content (AvgIpc) is 2.33. The number of alkyl halides is 2. The van der Waals surface area contributed by atoms with Gasteiger partial charge in [0.25, 0.3) is 0 Å². The van der Waals surface area contributed by atoms with Gasteiger partial charge in [-0.25, -0.2) is 8.42 Å². The van der Waals surface area contributed by atoms with E-state index in [0.717, 1.165) is 0 Å². The SMILES string of the molecule is O=C1[C@H](Cl)[C@H]2N1C(CCl)CS2(=O)=O. The van der Waals surface area contributed by atoms with Crippen LogP contribution in [-0.2, 0) is 14.6 Å². The Morgan fingerprint density at radius 3 is 2.69 bits per heavy atom. The molecule has 2 aliphatic heterocycles. The summed E-state index contributed by atoms with van der Waals surface area (Å²) in [5, 5.41) is -1.73. The Hall–Kier alpha value is -0.000000000000000111. The predicted molar refractivity (Wildman–Crippen MR) is 48.6 cm³/mol. The Kier molecular flexibility index (Phi) is 2.02. The van der Waals surface area contributed by atoms with Crippen LogP contribution >= 0.6 is 23.2 Å². The Morgan fingerprint density at radius 2 is 2.15 bits per heavy atom. The minimum Gasteiger partial charge on any atom is -0.317 e. The van der Waals surface area contributed by atoms with Crippen LogP contribution in [-0.4, -0.2) is 47.7 Å². The topological polar surface area (TPSA) is 54.5 Å². The van der Waals surface area contributed by atoms with E-state index in [0.29, 0.717) is 0 Å². The van der Waals surface area contributed by atoms with E-state index in [2.05, 4.69) is 0 Å². The molecule has 2 aliphatic rings. The lowest BCUT2D eigenvalue weighted by molar-refractivity contribution is -0.142. The van der Waals surface area contributed by atoms with E-state index in [1.165, 1.54) is 4.90 Å². The average molecular weight is 244 g/mol. The largest absolute Gasteiger partial charge is 0.317 e. The summed E-state index contributed by atoms with van der Waals surface area (Å²) in [5.41, 5.74) is 0. The van der Waals surface area contributed by atoms with Crippen LogP contribution in [0, 0.1) is 0 Å². The lowest BCUT2D eigenvalue weighted by atomic mass is 10.1. The number of sulfone groups is 1. The zero-order valence-electron chi connectivity index (χ0n) is 6.48. The van der Waals surface area contributed by atoms with Crippen LogP contribution in [0.5, 0.6) is 0 Å². The number of nitrogens with zero attached hydrogens (tertiary/aromatic N) is 1. The molecule has 1 amide bonds. The standard InChI is InChI=1S/C6H7Cl2NO3S/c7-1-3-2-13(11,12)6-4(8)5(10)9(3)6/h3-4,6H,1-2H2/t3?,4-,6-/m0/s1. The molecule has 0 aromatic carbocycles. The minimum atomic E-state index is -3.24. The van der Waals surface area contributed by atoms with Crippen molar-refractivity contribution in [3.8, 4) is 0 Å². The lowest BCUT2D eigenvalue weighted by Gasteiger charge is -2.40.